The summed E-state index contributed by atoms with van der Waals surface area (Å²) < 4.78 is 18.7. The van der Waals surface area contributed by atoms with Crippen molar-refractivity contribution in [3.63, 3.8) is 0 Å². The fraction of sp³-hybridized carbons (Fsp3) is 0.350. The predicted octanol–water partition coefficient (Wildman–Crippen LogP) is 4.43. The normalized spacial score (nSPS) is 11.9. The molecule has 0 aliphatic heterocycles. The molecule has 24 heavy (non-hydrogen) atoms. The van der Waals surface area contributed by atoms with E-state index in [1.54, 1.807) is 24.1 Å². The third-order valence-electron chi connectivity index (χ3n) is 4.24. The lowest BCUT2D eigenvalue weighted by Crippen LogP contribution is -2.30. The highest BCUT2D eigenvalue weighted by molar-refractivity contribution is 5.76. The van der Waals surface area contributed by atoms with Gasteiger partial charge >= 0.3 is 0 Å². The highest BCUT2D eigenvalue weighted by Crippen LogP contribution is 2.21. The Kier molecular flexibility index (Phi) is 5.96. The van der Waals surface area contributed by atoms with Crippen LogP contribution in [0.1, 0.15) is 36.1 Å². The zero-order valence-corrected chi connectivity index (χ0v) is 14.7. The molecule has 0 saturated carbocycles. The second-order valence-electron chi connectivity index (χ2n) is 6.10. The van der Waals surface area contributed by atoms with Crippen molar-refractivity contribution in [2.75, 3.05) is 13.7 Å². The number of ether oxygens (including phenoxy) is 1. The lowest BCUT2D eigenvalue weighted by molar-refractivity contribution is -0.132. The third-order valence-corrected chi connectivity index (χ3v) is 4.24. The van der Waals surface area contributed by atoms with Crippen LogP contribution in [-0.2, 0) is 4.79 Å². The van der Waals surface area contributed by atoms with Gasteiger partial charge in [0.2, 0.25) is 5.91 Å². The van der Waals surface area contributed by atoms with Crippen LogP contribution in [0, 0.1) is 19.7 Å². The van der Waals surface area contributed by atoms with Gasteiger partial charge in [0.1, 0.15) is 11.6 Å². The molecule has 0 spiro atoms. The van der Waals surface area contributed by atoms with E-state index in [4.69, 9.17) is 4.74 Å². The maximum Gasteiger partial charge on any atom is 0.226 e. The molecule has 4 heteroatoms. The number of rotatable bonds is 6. The first-order valence-corrected chi connectivity index (χ1v) is 8.09. The third kappa shape index (κ3) is 4.57. The van der Waals surface area contributed by atoms with Crippen LogP contribution in [0.25, 0.3) is 0 Å². The van der Waals surface area contributed by atoms with E-state index in [9.17, 15) is 9.18 Å². The Balaban J connectivity index is 1.89. The molecule has 1 atom stereocenters. The van der Waals surface area contributed by atoms with Crippen LogP contribution in [-0.4, -0.2) is 24.5 Å². The van der Waals surface area contributed by atoms with E-state index >= 15 is 0 Å². The number of hydrogen-bond donors (Lipinski definition) is 0. The molecule has 3 nitrogen and oxygen atoms in total. The molecule has 0 saturated heterocycles. The van der Waals surface area contributed by atoms with E-state index in [1.807, 2.05) is 39.0 Å². The molecular formula is C20H24FNO2. The van der Waals surface area contributed by atoms with E-state index in [2.05, 4.69) is 0 Å². The van der Waals surface area contributed by atoms with Gasteiger partial charge in [0, 0.05) is 7.05 Å². The summed E-state index contributed by atoms with van der Waals surface area (Å²) in [5.41, 5.74) is 3.09. The topological polar surface area (TPSA) is 29.5 Å². The standard InChI is InChI=1S/C20H24FNO2/c1-14-5-6-15(2)19(13-14)24-12-11-20(23)22(4)16(3)17-7-9-18(21)10-8-17/h5-10,13,16H,11-12H2,1-4H3. The van der Waals surface area contributed by atoms with Gasteiger partial charge in [-0.25, -0.2) is 4.39 Å². The Morgan fingerprint density at radius 3 is 2.50 bits per heavy atom. The molecule has 128 valence electrons. The minimum absolute atomic E-state index is 0.00266. The van der Waals surface area contributed by atoms with Crippen LogP contribution < -0.4 is 4.74 Å². The molecule has 0 N–H and O–H groups in total. The number of carbonyl (C=O) groups is 1. The molecule has 1 unspecified atom stereocenters. The number of hydrogen-bond acceptors (Lipinski definition) is 2. The van der Waals surface area contributed by atoms with Gasteiger partial charge in [0.25, 0.3) is 0 Å². The van der Waals surface area contributed by atoms with Crippen LogP contribution in [0.2, 0.25) is 0 Å². The molecule has 2 rings (SSSR count). The Morgan fingerprint density at radius 1 is 1.17 bits per heavy atom. The van der Waals surface area contributed by atoms with Crippen LogP contribution in [0.15, 0.2) is 42.5 Å². The van der Waals surface area contributed by atoms with Crippen LogP contribution in [0.5, 0.6) is 5.75 Å². The van der Waals surface area contributed by atoms with Crippen molar-refractivity contribution in [3.8, 4) is 5.75 Å². The Hall–Kier alpha value is -2.36. The smallest absolute Gasteiger partial charge is 0.226 e. The predicted molar refractivity (Wildman–Crippen MR) is 93.6 cm³/mol. The molecular weight excluding hydrogens is 305 g/mol. The minimum Gasteiger partial charge on any atom is -0.493 e. The summed E-state index contributed by atoms with van der Waals surface area (Å²) in [6.45, 7) is 6.26. The second kappa shape index (κ2) is 7.95. The number of halogens is 1. The summed E-state index contributed by atoms with van der Waals surface area (Å²) in [6, 6.07) is 12.1. The maximum absolute atomic E-state index is 13.0. The quantitative estimate of drug-likeness (QED) is 0.784. The summed E-state index contributed by atoms with van der Waals surface area (Å²) in [4.78, 5) is 14.0. The Bertz CT molecular complexity index is 697. The molecule has 0 aliphatic rings. The van der Waals surface area contributed by atoms with Crippen molar-refractivity contribution in [2.45, 2.75) is 33.2 Å². The highest BCUT2D eigenvalue weighted by Gasteiger charge is 2.17. The molecule has 1 amide bonds. The summed E-state index contributed by atoms with van der Waals surface area (Å²) in [7, 11) is 1.76. The molecule has 0 bridgehead atoms. The summed E-state index contributed by atoms with van der Waals surface area (Å²) in [6.07, 6.45) is 0.301. The van der Waals surface area contributed by atoms with Gasteiger partial charge in [0.15, 0.2) is 0 Å². The molecule has 0 aromatic heterocycles. The first-order valence-electron chi connectivity index (χ1n) is 8.09. The Labute approximate surface area is 143 Å². The lowest BCUT2D eigenvalue weighted by atomic mass is 10.1. The number of benzene rings is 2. The maximum atomic E-state index is 13.0. The zero-order chi connectivity index (χ0) is 17.7. The molecule has 0 aliphatic carbocycles. The molecule has 2 aromatic carbocycles. The highest BCUT2D eigenvalue weighted by atomic mass is 19.1. The second-order valence-corrected chi connectivity index (χ2v) is 6.10. The first-order chi connectivity index (χ1) is 11.4. The van der Waals surface area contributed by atoms with Gasteiger partial charge in [-0.15, -0.1) is 0 Å². The van der Waals surface area contributed by atoms with Crippen molar-refractivity contribution in [1.29, 1.82) is 0 Å². The number of aryl methyl sites for hydroxylation is 2. The number of amides is 1. The SMILES string of the molecule is Cc1ccc(C)c(OCCC(=O)N(C)C(C)c2ccc(F)cc2)c1. The monoisotopic (exact) mass is 329 g/mol. The number of carbonyl (C=O) groups excluding carboxylic acids is 1. The molecule has 2 aromatic rings. The van der Waals surface area contributed by atoms with E-state index in [1.165, 1.54) is 12.1 Å². The largest absolute Gasteiger partial charge is 0.493 e. The van der Waals surface area contributed by atoms with Crippen LogP contribution >= 0.6 is 0 Å². The summed E-state index contributed by atoms with van der Waals surface area (Å²) in [5.74, 6) is 0.538. The van der Waals surface area contributed by atoms with E-state index in [-0.39, 0.29) is 17.8 Å². The van der Waals surface area contributed by atoms with Crippen molar-refractivity contribution in [1.82, 2.24) is 4.90 Å². The molecule has 0 fully saturated rings. The van der Waals surface area contributed by atoms with Crippen molar-refractivity contribution in [3.05, 3.63) is 65.0 Å². The van der Waals surface area contributed by atoms with Gasteiger partial charge in [0.05, 0.1) is 19.1 Å². The van der Waals surface area contributed by atoms with E-state index in [0.717, 1.165) is 22.4 Å². The van der Waals surface area contributed by atoms with Crippen molar-refractivity contribution < 1.29 is 13.9 Å². The van der Waals surface area contributed by atoms with Gasteiger partial charge in [-0.2, -0.15) is 0 Å². The average Bonchev–Trinajstić information content (AvgIpc) is 2.57. The van der Waals surface area contributed by atoms with Crippen molar-refractivity contribution in [2.24, 2.45) is 0 Å². The van der Waals surface area contributed by atoms with E-state index < -0.39 is 0 Å². The Morgan fingerprint density at radius 2 is 1.83 bits per heavy atom. The number of nitrogens with zero attached hydrogens (tertiary/aromatic N) is 1. The van der Waals surface area contributed by atoms with Gasteiger partial charge in [-0.1, -0.05) is 24.3 Å². The first kappa shape index (κ1) is 18.0. The average molecular weight is 329 g/mol. The zero-order valence-electron chi connectivity index (χ0n) is 14.7. The summed E-state index contributed by atoms with van der Waals surface area (Å²) in [5, 5.41) is 0. The van der Waals surface area contributed by atoms with E-state index in [0.29, 0.717) is 13.0 Å². The van der Waals surface area contributed by atoms with Crippen LogP contribution in [0.3, 0.4) is 0 Å². The minimum atomic E-state index is -0.276. The van der Waals surface area contributed by atoms with Crippen molar-refractivity contribution >= 4 is 5.91 Å². The lowest BCUT2D eigenvalue weighted by Gasteiger charge is -2.25. The van der Waals surface area contributed by atoms with Crippen LogP contribution in [0.4, 0.5) is 4.39 Å². The fourth-order valence-electron chi connectivity index (χ4n) is 2.47. The van der Waals surface area contributed by atoms with Gasteiger partial charge in [-0.3, -0.25) is 4.79 Å². The summed E-state index contributed by atoms with van der Waals surface area (Å²) >= 11 is 0. The molecule has 0 heterocycles. The molecule has 0 radical (unpaired) electrons. The fourth-order valence-corrected chi connectivity index (χ4v) is 2.47. The van der Waals surface area contributed by atoms with Gasteiger partial charge in [-0.05, 0) is 55.7 Å². The van der Waals surface area contributed by atoms with Gasteiger partial charge < -0.3 is 9.64 Å².